The third kappa shape index (κ3) is 4.07. The quantitative estimate of drug-likeness (QED) is 0.565. The van der Waals surface area contributed by atoms with Gasteiger partial charge in [0.05, 0.1) is 36.1 Å². The molecule has 0 amide bonds. The Bertz CT molecular complexity index is 1380. The van der Waals surface area contributed by atoms with Crippen LogP contribution in [-0.4, -0.2) is 24.8 Å². The number of carbonyl (C=O) groups excluding carboxylic acids is 1. The Labute approximate surface area is 189 Å². The summed E-state index contributed by atoms with van der Waals surface area (Å²) in [4.78, 5) is 31.1. The Kier molecular flexibility index (Phi) is 6.18. The third-order valence-electron chi connectivity index (χ3n) is 5.19. The summed E-state index contributed by atoms with van der Waals surface area (Å²) in [6, 6.07) is 16.5. The molecule has 2 aromatic carbocycles. The number of ether oxygens (including phenoxy) is 2. The van der Waals surface area contributed by atoms with E-state index in [1.165, 1.54) is 18.4 Å². The first kappa shape index (κ1) is 21.5. The second kappa shape index (κ2) is 9.20. The van der Waals surface area contributed by atoms with E-state index in [0.717, 1.165) is 11.1 Å². The third-order valence-corrected chi connectivity index (χ3v) is 6.20. The van der Waals surface area contributed by atoms with Gasteiger partial charge < -0.3 is 9.47 Å². The molecule has 3 aromatic rings. The first-order valence-corrected chi connectivity index (χ1v) is 10.8. The number of fused-ring (bicyclic) bond motifs is 1. The number of hydrogen-bond donors (Lipinski definition) is 0. The molecule has 6 nitrogen and oxygen atoms in total. The number of rotatable bonds is 5. The minimum atomic E-state index is -0.634. The van der Waals surface area contributed by atoms with Crippen LogP contribution in [0.15, 0.2) is 81.7 Å². The highest BCUT2D eigenvalue weighted by Crippen LogP contribution is 2.31. The molecule has 0 aliphatic carbocycles. The average Bonchev–Trinajstić information content (AvgIpc) is 3.13. The van der Waals surface area contributed by atoms with E-state index in [1.807, 2.05) is 54.6 Å². The molecule has 7 heteroatoms. The van der Waals surface area contributed by atoms with E-state index in [2.05, 4.69) is 4.99 Å². The van der Waals surface area contributed by atoms with E-state index in [4.69, 9.17) is 9.47 Å². The Hall–Kier alpha value is -3.71. The van der Waals surface area contributed by atoms with E-state index in [1.54, 1.807) is 36.8 Å². The number of benzene rings is 2. The van der Waals surface area contributed by atoms with Gasteiger partial charge in [-0.25, -0.2) is 9.79 Å². The van der Waals surface area contributed by atoms with Crippen molar-refractivity contribution in [2.45, 2.75) is 13.0 Å². The van der Waals surface area contributed by atoms with Crippen molar-refractivity contribution in [3.8, 4) is 5.75 Å². The Morgan fingerprint density at radius 3 is 2.47 bits per heavy atom. The Morgan fingerprint density at radius 1 is 1.09 bits per heavy atom. The normalized spacial score (nSPS) is 16.1. The second-order valence-electron chi connectivity index (χ2n) is 7.14. The zero-order chi connectivity index (χ0) is 22.7. The van der Waals surface area contributed by atoms with Crippen molar-refractivity contribution in [1.82, 2.24) is 4.57 Å². The number of aromatic nitrogens is 1. The molecule has 0 unspecified atom stereocenters. The van der Waals surface area contributed by atoms with Crippen LogP contribution in [0.25, 0.3) is 12.2 Å². The molecule has 1 atom stereocenters. The zero-order valence-electron chi connectivity index (χ0n) is 17.9. The van der Waals surface area contributed by atoms with Crippen LogP contribution in [0.1, 0.15) is 24.1 Å². The minimum absolute atomic E-state index is 0.207. The van der Waals surface area contributed by atoms with E-state index >= 15 is 0 Å². The number of esters is 1. The smallest absolute Gasteiger partial charge is 0.338 e. The van der Waals surface area contributed by atoms with E-state index in [-0.39, 0.29) is 5.56 Å². The lowest BCUT2D eigenvalue weighted by atomic mass is 9.96. The van der Waals surface area contributed by atoms with Gasteiger partial charge in [-0.3, -0.25) is 9.36 Å². The largest absolute Gasteiger partial charge is 0.497 e. The fraction of sp³-hybridized carbons (Fsp3) is 0.160. The van der Waals surface area contributed by atoms with Gasteiger partial charge in [-0.05, 0) is 36.3 Å². The molecule has 0 N–H and O–H groups in total. The lowest BCUT2D eigenvalue weighted by Crippen LogP contribution is -2.39. The highest BCUT2D eigenvalue weighted by Gasteiger charge is 2.32. The molecule has 0 fully saturated rings. The van der Waals surface area contributed by atoms with Gasteiger partial charge >= 0.3 is 5.97 Å². The van der Waals surface area contributed by atoms with Crippen LogP contribution < -0.4 is 19.6 Å². The fourth-order valence-corrected chi connectivity index (χ4v) is 4.62. The van der Waals surface area contributed by atoms with E-state index < -0.39 is 12.0 Å². The van der Waals surface area contributed by atoms with Gasteiger partial charge in [0.15, 0.2) is 4.80 Å². The molecule has 4 rings (SSSR count). The summed E-state index contributed by atoms with van der Waals surface area (Å²) in [5, 5.41) is 0. The molecule has 1 aromatic heterocycles. The van der Waals surface area contributed by atoms with E-state index in [9.17, 15) is 9.59 Å². The van der Waals surface area contributed by atoms with Crippen LogP contribution in [0.2, 0.25) is 0 Å². The number of nitrogens with zero attached hydrogens (tertiary/aromatic N) is 2. The first-order chi connectivity index (χ1) is 15.5. The van der Waals surface area contributed by atoms with Crippen LogP contribution in [0.4, 0.5) is 0 Å². The highest BCUT2D eigenvalue weighted by molar-refractivity contribution is 7.07. The van der Waals surface area contributed by atoms with Crippen LogP contribution in [0.3, 0.4) is 0 Å². The standard InChI is InChI=1S/C25H22N2O4S/c1-16-21(24(29)31-3)22(18-12-14-19(30-2)15-13-18)27-23(28)20(32-25(27)26-16)11-7-10-17-8-5-4-6-9-17/h4-15,22H,1-3H3/b10-7-,20-11?/t22-/m1/s1. The molecule has 0 radical (unpaired) electrons. The summed E-state index contributed by atoms with van der Waals surface area (Å²) in [5.74, 6) is 0.179. The van der Waals surface area contributed by atoms with Gasteiger partial charge in [0.1, 0.15) is 5.75 Å². The lowest BCUT2D eigenvalue weighted by Gasteiger charge is -2.24. The summed E-state index contributed by atoms with van der Waals surface area (Å²) in [6.45, 7) is 1.76. The molecule has 2 heterocycles. The monoisotopic (exact) mass is 446 g/mol. The molecule has 0 spiro atoms. The Balaban J connectivity index is 1.86. The molecule has 0 bridgehead atoms. The summed E-state index contributed by atoms with van der Waals surface area (Å²) < 4.78 is 12.4. The molecule has 0 saturated heterocycles. The predicted molar refractivity (Wildman–Crippen MR) is 125 cm³/mol. The molecule has 1 aliphatic rings. The van der Waals surface area contributed by atoms with E-state index in [0.29, 0.717) is 26.4 Å². The zero-order valence-corrected chi connectivity index (χ0v) is 18.8. The minimum Gasteiger partial charge on any atom is -0.497 e. The number of hydrogen-bond acceptors (Lipinski definition) is 6. The van der Waals surface area contributed by atoms with Crippen LogP contribution >= 0.6 is 11.3 Å². The number of allylic oxidation sites excluding steroid dienone is 2. The number of methoxy groups -OCH3 is 2. The van der Waals surface area contributed by atoms with Crippen LogP contribution in [0.5, 0.6) is 5.75 Å². The van der Waals surface area contributed by atoms with Crippen molar-refractivity contribution in [1.29, 1.82) is 0 Å². The second-order valence-corrected chi connectivity index (χ2v) is 8.15. The van der Waals surface area contributed by atoms with Crippen LogP contribution in [-0.2, 0) is 9.53 Å². The molecule has 32 heavy (non-hydrogen) atoms. The van der Waals surface area contributed by atoms with Gasteiger partial charge in [-0.15, -0.1) is 0 Å². The molecule has 0 saturated carbocycles. The van der Waals surface area contributed by atoms with Gasteiger partial charge in [-0.1, -0.05) is 66.0 Å². The summed E-state index contributed by atoms with van der Waals surface area (Å²) in [5.41, 5.74) is 2.48. The van der Waals surface area contributed by atoms with Gasteiger partial charge in [0, 0.05) is 0 Å². The summed E-state index contributed by atoms with van der Waals surface area (Å²) >= 11 is 1.29. The topological polar surface area (TPSA) is 69.9 Å². The van der Waals surface area contributed by atoms with Gasteiger partial charge in [-0.2, -0.15) is 0 Å². The SMILES string of the molecule is COC(=O)C1=C(C)N=c2sc(=C/C=C\c3ccccc3)c(=O)n2[C@@H]1c1ccc(OC)cc1. The van der Waals surface area contributed by atoms with Crippen molar-refractivity contribution >= 4 is 29.5 Å². The summed E-state index contributed by atoms with van der Waals surface area (Å²) in [7, 11) is 2.91. The van der Waals surface area contributed by atoms with Crippen molar-refractivity contribution in [3.05, 3.63) is 103 Å². The van der Waals surface area contributed by atoms with Gasteiger partial charge in [0.25, 0.3) is 5.56 Å². The molecule has 162 valence electrons. The maximum Gasteiger partial charge on any atom is 0.338 e. The van der Waals surface area contributed by atoms with Crippen molar-refractivity contribution in [3.63, 3.8) is 0 Å². The van der Waals surface area contributed by atoms with Crippen molar-refractivity contribution in [2.75, 3.05) is 14.2 Å². The fourth-order valence-electron chi connectivity index (χ4n) is 3.62. The van der Waals surface area contributed by atoms with Gasteiger partial charge in [0.2, 0.25) is 0 Å². The highest BCUT2D eigenvalue weighted by atomic mass is 32.1. The number of thiazole rings is 1. The maximum atomic E-state index is 13.4. The maximum absolute atomic E-state index is 13.4. The molecular weight excluding hydrogens is 424 g/mol. The Morgan fingerprint density at radius 2 is 1.81 bits per heavy atom. The van der Waals surface area contributed by atoms with Crippen molar-refractivity contribution in [2.24, 2.45) is 4.99 Å². The lowest BCUT2D eigenvalue weighted by molar-refractivity contribution is -0.136. The molecule has 1 aliphatic heterocycles. The molecular formula is C25H22N2O4S. The summed E-state index contributed by atoms with van der Waals surface area (Å²) in [6.07, 6.45) is 5.56. The predicted octanol–water partition coefficient (Wildman–Crippen LogP) is 3.08. The first-order valence-electron chi connectivity index (χ1n) is 10.00. The average molecular weight is 447 g/mol. The van der Waals surface area contributed by atoms with Crippen molar-refractivity contribution < 1.29 is 14.3 Å². The van der Waals surface area contributed by atoms with Crippen LogP contribution in [0, 0.1) is 0 Å². The number of carbonyl (C=O) groups is 1.